The molecule has 2 fully saturated rings. The van der Waals surface area contributed by atoms with Crippen molar-refractivity contribution in [2.45, 2.75) is 186 Å². The topological polar surface area (TPSA) is 0 Å². The Morgan fingerprint density at radius 3 is 0.778 bits per heavy atom. The molecule has 0 radical (unpaired) electrons. The maximum Gasteiger partial charge on any atom is -0.0184 e. The maximum absolute atomic E-state index is 2.48. The minimum absolute atomic E-state index is 0.918. The zero-order valence-electron chi connectivity index (χ0n) is 39.5. The fourth-order valence-corrected chi connectivity index (χ4v) is 12.1. The van der Waals surface area contributed by atoms with Gasteiger partial charge in [-0.15, -0.1) is 0 Å². The summed E-state index contributed by atoms with van der Waals surface area (Å²) in [4.78, 5) is 0. The van der Waals surface area contributed by atoms with Crippen LogP contribution in [0.2, 0.25) is 0 Å². The summed E-state index contributed by atoms with van der Waals surface area (Å²) in [6.07, 6.45) is 40.6. The van der Waals surface area contributed by atoms with Gasteiger partial charge in [0.1, 0.15) is 0 Å². The molecule has 0 spiro atoms. The van der Waals surface area contributed by atoms with Gasteiger partial charge in [0.05, 0.1) is 0 Å². The SMILES string of the molecule is c1ccc2cccc3c(ccccc-2ccccc2cccc4c(ccccc-2c1)CCCCCCCC4)CCCCCC1CCCC2CCCCCCCC2CCCC1CCC3. The molecule has 0 saturated heterocycles. The van der Waals surface area contributed by atoms with Crippen LogP contribution in [0.5, 0.6) is 0 Å². The van der Waals surface area contributed by atoms with Crippen molar-refractivity contribution in [1.82, 2.24) is 0 Å². The molecule has 0 amide bonds. The minimum atomic E-state index is 0.918. The van der Waals surface area contributed by atoms with Crippen LogP contribution in [-0.2, 0) is 25.7 Å². The minimum Gasteiger partial charge on any atom is -0.0620 e. The molecule has 7 aliphatic carbocycles. The van der Waals surface area contributed by atoms with E-state index in [2.05, 4.69) is 133 Å². The molecule has 0 bridgehead atoms. The molecule has 0 aromatic carbocycles. The summed E-state index contributed by atoms with van der Waals surface area (Å²) in [6, 6.07) is 50.7. The van der Waals surface area contributed by atoms with Gasteiger partial charge in [-0.3, -0.25) is 0 Å². The first kappa shape index (κ1) is 47.1. The molecule has 2 saturated carbocycles. The quantitative estimate of drug-likeness (QED) is 0.212. The highest BCUT2D eigenvalue weighted by Crippen LogP contribution is 2.40. The molecule has 7 rings (SSSR count). The first-order valence-corrected chi connectivity index (χ1v) is 26.6. The Morgan fingerprint density at radius 1 is 0.190 bits per heavy atom. The lowest BCUT2D eigenvalue weighted by Crippen LogP contribution is -2.21. The maximum atomic E-state index is 2.48. The van der Waals surface area contributed by atoms with Gasteiger partial charge < -0.3 is 0 Å². The molecular weight excluding hydrogens is 757 g/mol. The highest BCUT2D eigenvalue weighted by molar-refractivity contribution is 5.64. The third-order valence-corrected chi connectivity index (χ3v) is 15.8. The summed E-state index contributed by atoms with van der Waals surface area (Å²) in [7, 11) is 0. The molecular formula is C63H84. The van der Waals surface area contributed by atoms with Crippen molar-refractivity contribution in [2.24, 2.45) is 23.7 Å². The van der Waals surface area contributed by atoms with Gasteiger partial charge in [0.2, 0.25) is 0 Å². The van der Waals surface area contributed by atoms with Gasteiger partial charge in [-0.1, -0.05) is 262 Å². The van der Waals surface area contributed by atoms with Crippen molar-refractivity contribution in [1.29, 1.82) is 0 Å². The highest BCUT2D eigenvalue weighted by atomic mass is 14.3. The highest BCUT2D eigenvalue weighted by Gasteiger charge is 2.27. The molecule has 0 heterocycles. The van der Waals surface area contributed by atoms with E-state index in [9.17, 15) is 0 Å². The Bertz CT molecular complexity index is 1980. The molecule has 0 N–H and O–H groups in total. The summed E-state index contributed by atoms with van der Waals surface area (Å²) in [6.45, 7) is 0. The molecule has 0 aliphatic heterocycles. The third kappa shape index (κ3) is 15.9. The average Bonchev–Trinajstić information content (AvgIpc) is 3.35. The molecule has 0 heteroatoms. The van der Waals surface area contributed by atoms with Crippen LogP contribution < -0.4 is 0 Å². The predicted octanol–water partition coefficient (Wildman–Crippen LogP) is 18.8. The Morgan fingerprint density at radius 2 is 0.413 bits per heavy atom. The van der Waals surface area contributed by atoms with E-state index in [0.717, 1.165) is 23.7 Å². The number of aryl methyl sites for hydroxylation is 4. The number of rotatable bonds is 0. The first-order valence-electron chi connectivity index (χ1n) is 26.6. The first-order chi connectivity index (χ1) is 31.3. The fourth-order valence-electron chi connectivity index (χ4n) is 12.1. The zero-order valence-corrected chi connectivity index (χ0v) is 39.5. The van der Waals surface area contributed by atoms with Crippen molar-refractivity contribution in [3.8, 4) is 22.3 Å². The summed E-state index contributed by atoms with van der Waals surface area (Å²) in [5, 5.41) is 0. The van der Waals surface area contributed by atoms with Crippen molar-refractivity contribution in [2.75, 3.05) is 0 Å². The van der Waals surface area contributed by atoms with Crippen molar-refractivity contribution < 1.29 is 0 Å². The van der Waals surface area contributed by atoms with Crippen LogP contribution in [0.3, 0.4) is 0 Å². The Balaban J connectivity index is 1.14. The van der Waals surface area contributed by atoms with E-state index in [1.807, 2.05) is 0 Å². The van der Waals surface area contributed by atoms with Crippen LogP contribution in [-0.4, -0.2) is 0 Å². The standard InChI is InChI=1S/C63H84/c1-2-5-10-29-56-42-23-46-60-40-21-19-39-55-37-18-16-35-53-32-13-8-14-33-59-45-24-43-57-30-11-6-3-7-12-31-58(57)44-25-50-63(59)51-27-49-62(53)48-26-47-61(55)41-22-20-38-54(60)36-17-15-34-52(56)28-9-4-1/h15-23,26,34-42,46-48,57-59,63H,1-14,24-25,27-33,43-45,49-51H2. The molecule has 336 valence electrons. The molecule has 7 aliphatic rings. The monoisotopic (exact) mass is 841 g/mol. The van der Waals surface area contributed by atoms with E-state index < -0.39 is 0 Å². The van der Waals surface area contributed by atoms with E-state index in [1.165, 1.54) is 220 Å². The van der Waals surface area contributed by atoms with E-state index in [-0.39, 0.29) is 0 Å². The van der Waals surface area contributed by atoms with Gasteiger partial charge in [0.25, 0.3) is 0 Å². The number of fused-ring (bicyclic) bond motifs is 6. The lowest BCUT2D eigenvalue weighted by atomic mass is 9.72. The van der Waals surface area contributed by atoms with Crippen molar-refractivity contribution in [3.05, 3.63) is 156 Å². The Labute approximate surface area is 386 Å². The van der Waals surface area contributed by atoms with Crippen LogP contribution in [0.1, 0.15) is 183 Å². The second kappa shape index (κ2) is 27.4. The molecule has 0 nitrogen and oxygen atoms in total. The summed E-state index contributed by atoms with van der Waals surface area (Å²) in [5.74, 6) is 3.90. The Hall–Kier alpha value is -3.90. The predicted molar refractivity (Wildman–Crippen MR) is 274 cm³/mol. The van der Waals surface area contributed by atoms with E-state index in [4.69, 9.17) is 0 Å². The van der Waals surface area contributed by atoms with Crippen LogP contribution in [0.25, 0.3) is 22.3 Å². The van der Waals surface area contributed by atoms with Gasteiger partial charge in [-0.2, -0.15) is 0 Å². The van der Waals surface area contributed by atoms with Crippen molar-refractivity contribution >= 4 is 0 Å². The average molecular weight is 841 g/mol. The van der Waals surface area contributed by atoms with Crippen LogP contribution in [0, 0.1) is 23.7 Å². The molecule has 4 unspecified atom stereocenters. The second-order valence-corrected chi connectivity index (χ2v) is 20.2. The van der Waals surface area contributed by atoms with E-state index in [0.29, 0.717) is 0 Å². The van der Waals surface area contributed by atoms with Gasteiger partial charge >= 0.3 is 0 Å². The van der Waals surface area contributed by atoms with Crippen LogP contribution in [0.4, 0.5) is 0 Å². The van der Waals surface area contributed by atoms with Gasteiger partial charge in [0.15, 0.2) is 0 Å². The molecule has 0 aromatic heterocycles. The summed E-state index contributed by atoms with van der Waals surface area (Å²) in [5.41, 5.74) is 11.0. The third-order valence-electron chi connectivity index (χ3n) is 15.8. The van der Waals surface area contributed by atoms with Gasteiger partial charge in [-0.25, -0.2) is 0 Å². The smallest absolute Gasteiger partial charge is 0.0184 e. The molecule has 4 atom stereocenters. The molecule has 63 heavy (non-hydrogen) atoms. The summed E-state index contributed by atoms with van der Waals surface area (Å²) < 4.78 is 0. The Kier molecular flexibility index (Phi) is 20.5. The molecule has 0 aromatic rings. The van der Waals surface area contributed by atoms with Crippen LogP contribution in [0.15, 0.2) is 133 Å². The lowest BCUT2D eigenvalue weighted by molar-refractivity contribution is 0.184. The number of hydrogen-bond donors (Lipinski definition) is 0. The fraction of sp³-hybridized carbons (Fsp3) is 0.524. The normalized spacial score (nSPS) is 23.0. The largest absolute Gasteiger partial charge is 0.0620 e. The lowest BCUT2D eigenvalue weighted by Gasteiger charge is -2.33. The zero-order chi connectivity index (χ0) is 43.0. The second-order valence-electron chi connectivity index (χ2n) is 20.2. The number of hydrogen-bond acceptors (Lipinski definition) is 0. The van der Waals surface area contributed by atoms with Crippen LogP contribution >= 0.6 is 0 Å². The van der Waals surface area contributed by atoms with Crippen molar-refractivity contribution in [3.63, 3.8) is 0 Å². The summed E-state index contributed by atoms with van der Waals surface area (Å²) >= 11 is 0. The van der Waals surface area contributed by atoms with Gasteiger partial charge in [-0.05, 0) is 126 Å². The van der Waals surface area contributed by atoms with Gasteiger partial charge in [0, 0.05) is 0 Å². The van der Waals surface area contributed by atoms with E-state index in [1.54, 1.807) is 11.1 Å². The van der Waals surface area contributed by atoms with E-state index >= 15 is 0 Å².